The molecule has 0 bridgehead atoms. The molecule has 0 aromatic heterocycles. The maximum Gasteiger partial charge on any atom is 0.251 e. The first-order valence-corrected chi connectivity index (χ1v) is 8.41. The molecule has 25 heavy (non-hydrogen) atoms. The Balaban J connectivity index is 1.78. The standard InChI is InChI=1S/C20H25N3O2/c1-14-7-9-17(10-8-14)20(25)22-12-11-21-15(2)18-5-4-6-19(13-18)23-16(3)24/h4-10,13,15,21H,11-12H2,1-3H3,(H,22,25)(H,23,24). The summed E-state index contributed by atoms with van der Waals surface area (Å²) in [5.41, 5.74) is 3.66. The van der Waals surface area contributed by atoms with Crippen LogP contribution in [0.1, 0.15) is 41.4 Å². The van der Waals surface area contributed by atoms with Gasteiger partial charge >= 0.3 is 0 Å². The Morgan fingerprint density at radius 1 is 1.04 bits per heavy atom. The van der Waals surface area contributed by atoms with Crippen molar-refractivity contribution in [2.45, 2.75) is 26.8 Å². The van der Waals surface area contributed by atoms with Crippen LogP contribution in [0.2, 0.25) is 0 Å². The molecule has 2 rings (SSSR count). The zero-order valence-corrected chi connectivity index (χ0v) is 14.9. The Labute approximate surface area is 148 Å². The number of amides is 2. The molecule has 2 amide bonds. The van der Waals surface area contributed by atoms with E-state index in [0.29, 0.717) is 18.7 Å². The fraction of sp³-hybridized carbons (Fsp3) is 0.300. The molecule has 0 radical (unpaired) electrons. The summed E-state index contributed by atoms with van der Waals surface area (Å²) < 4.78 is 0. The van der Waals surface area contributed by atoms with Gasteiger partial charge in [0.15, 0.2) is 0 Å². The van der Waals surface area contributed by atoms with E-state index in [-0.39, 0.29) is 17.9 Å². The highest BCUT2D eigenvalue weighted by Gasteiger charge is 2.07. The van der Waals surface area contributed by atoms with Crippen LogP contribution in [0.3, 0.4) is 0 Å². The highest BCUT2D eigenvalue weighted by molar-refractivity contribution is 5.94. The van der Waals surface area contributed by atoms with Crippen LogP contribution >= 0.6 is 0 Å². The van der Waals surface area contributed by atoms with E-state index in [0.717, 1.165) is 16.8 Å². The van der Waals surface area contributed by atoms with Crippen molar-refractivity contribution in [3.05, 3.63) is 65.2 Å². The lowest BCUT2D eigenvalue weighted by Gasteiger charge is -2.16. The van der Waals surface area contributed by atoms with Crippen molar-refractivity contribution < 1.29 is 9.59 Å². The molecular formula is C20H25N3O2. The molecule has 0 spiro atoms. The largest absolute Gasteiger partial charge is 0.351 e. The lowest BCUT2D eigenvalue weighted by molar-refractivity contribution is -0.114. The summed E-state index contributed by atoms with van der Waals surface area (Å²) in [4.78, 5) is 23.2. The summed E-state index contributed by atoms with van der Waals surface area (Å²) >= 11 is 0. The normalized spacial score (nSPS) is 11.6. The van der Waals surface area contributed by atoms with Gasteiger partial charge in [-0.3, -0.25) is 9.59 Å². The maximum atomic E-state index is 12.0. The highest BCUT2D eigenvalue weighted by Crippen LogP contribution is 2.17. The number of anilines is 1. The summed E-state index contributed by atoms with van der Waals surface area (Å²) in [6.45, 7) is 6.74. The molecule has 1 unspecified atom stereocenters. The Hall–Kier alpha value is -2.66. The summed E-state index contributed by atoms with van der Waals surface area (Å²) in [7, 11) is 0. The zero-order valence-electron chi connectivity index (χ0n) is 14.9. The average molecular weight is 339 g/mol. The van der Waals surface area contributed by atoms with Gasteiger partial charge in [0.1, 0.15) is 0 Å². The van der Waals surface area contributed by atoms with Gasteiger partial charge in [-0.1, -0.05) is 29.8 Å². The lowest BCUT2D eigenvalue weighted by atomic mass is 10.1. The fourth-order valence-corrected chi connectivity index (χ4v) is 2.48. The fourth-order valence-electron chi connectivity index (χ4n) is 2.48. The summed E-state index contributed by atoms with van der Waals surface area (Å²) in [5.74, 6) is -0.154. The van der Waals surface area contributed by atoms with E-state index in [9.17, 15) is 9.59 Å². The SMILES string of the molecule is CC(=O)Nc1cccc(C(C)NCCNC(=O)c2ccc(C)cc2)c1. The second-order valence-electron chi connectivity index (χ2n) is 6.10. The van der Waals surface area contributed by atoms with E-state index in [1.165, 1.54) is 6.92 Å². The second kappa shape index (κ2) is 8.99. The topological polar surface area (TPSA) is 70.2 Å². The van der Waals surface area contributed by atoms with Crippen LogP contribution in [0.5, 0.6) is 0 Å². The molecular weight excluding hydrogens is 314 g/mol. The third-order valence-electron chi connectivity index (χ3n) is 3.88. The Kier molecular flexibility index (Phi) is 6.71. The van der Waals surface area contributed by atoms with Crippen LogP contribution in [0.4, 0.5) is 5.69 Å². The first-order chi connectivity index (χ1) is 12.0. The quantitative estimate of drug-likeness (QED) is 0.679. The number of benzene rings is 2. The van der Waals surface area contributed by atoms with E-state index in [2.05, 4.69) is 22.9 Å². The number of hydrogen-bond donors (Lipinski definition) is 3. The summed E-state index contributed by atoms with van der Waals surface area (Å²) in [5, 5.41) is 9.05. The van der Waals surface area contributed by atoms with Gasteiger partial charge in [0.25, 0.3) is 5.91 Å². The zero-order chi connectivity index (χ0) is 18.2. The Morgan fingerprint density at radius 3 is 2.44 bits per heavy atom. The van der Waals surface area contributed by atoms with E-state index in [1.807, 2.05) is 55.5 Å². The van der Waals surface area contributed by atoms with E-state index in [4.69, 9.17) is 0 Å². The summed E-state index contributed by atoms with van der Waals surface area (Å²) in [6, 6.07) is 15.4. The smallest absolute Gasteiger partial charge is 0.251 e. The van der Waals surface area contributed by atoms with Crippen LogP contribution in [0.15, 0.2) is 48.5 Å². The van der Waals surface area contributed by atoms with Crippen LogP contribution in [-0.4, -0.2) is 24.9 Å². The average Bonchev–Trinajstić information content (AvgIpc) is 2.58. The molecule has 0 heterocycles. The van der Waals surface area contributed by atoms with Gasteiger partial charge in [-0.2, -0.15) is 0 Å². The molecule has 2 aromatic carbocycles. The van der Waals surface area contributed by atoms with Crippen molar-refractivity contribution in [3.63, 3.8) is 0 Å². The molecule has 1 atom stereocenters. The second-order valence-corrected chi connectivity index (χ2v) is 6.10. The van der Waals surface area contributed by atoms with Gasteiger partial charge < -0.3 is 16.0 Å². The number of carbonyl (C=O) groups excluding carboxylic acids is 2. The minimum absolute atomic E-state index is 0.0675. The maximum absolute atomic E-state index is 12.0. The molecule has 5 heteroatoms. The minimum atomic E-state index is -0.0865. The van der Waals surface area contributed by atoms with Gasteiger partial charge in [0.05, 0.1) is 0 Å². The molecule has 3 N–H and O–H groups in total. The predicted molar refractivity (Wildman–Crippen MR) is 101 cm³/mol. The molecule has 5 nitrogen and oxygen atoms in total. The highest BCUT2D eigenvalue weighted by atomic mass is 16.2. The third kappa shape index (κ3) is 6.04. The number of aryl methyl sites for hydroxylation is 1. The number of nitrogens with one attached hydrogen (secondary N) is 3. The third-order valence-corrected chi connectivity index (χ3v) is 3.88. The number of carbonyl (C=O) groups is 2. The van der Waals surface area contributed by atoms with Crippen molar-refractivity contribution in [1.29, 1.82) is 0 Å². The molecule has 0 aliphatic carbocycles. The van der Waals surface area contributed by atoms with E-state index < -0.39 is 0 Å². The number of hydrogen-bond acceptors (Lipinski definition) is 3. The van der Waals surface area contributed by atoms with Crippen LogP contribution in [0, 0.1) is 6.92 Å². The van der Waals surface area contributed by atoms with Crippen LogP contribution in [-0.2, 0) is 4.79 Å². The molecule has 0 aliphatic rings. The monoisotopic (exact) mass is 339 g/mol. The van der Waals surface area contributed by atoms with E-state index in [1.54, 1.807) is 0 Å². The van der Waals surface area contributed by atoms with Crippen molar-refractivity contribution in [2.75, 3.05) is 18.4 Å². The van der Waals surface area contributed by atoms with Crippen molar-refractivity contribution >= 4 is 17.5 Å². The molecule has 0 aliphatic heterocycles. The molecule has 132 valence electrons. The van der Waals surface area contributed by atoms with Crippen molar-refractivity contribution in [1.82, 2.24) is 10.6 Å². The van der Waals surface area contributed by atoms with Gasteiger partial charge in [0.2, 0.25) is 5.91 Å². The van der Waals surface area contributed by atoms with Gasteiger partial charge in [0, 0.05) is 37.3 Å². The Bertz CT molecular complexity index is 726. The molecule has 0 saturated heterocycles. The van der Waals surface area contributed by atoms with Crippen molar-refractivity contribution in [2.24, 2.45) is 0 Å². The van der Waals surface area contributed by atoms with Gasteiger partial charge in [-0.25, -0.2) is 0 Å². The molecule has 0 saturated carbocycles. The van der Waals surface area contributed by atoms with Crippen LogP contribution < -0.4 is 16.0 Å². The first-order valence-electron chi connectivity index (χ1n) is 8.41. The molecule has 0 fully saturated rings. The van der Waals surface area contributed by atoms with Crippen LogP contribution in [0.25, 0.3) is 0 Å². The Morgan fingerprint density at radius 2 is 1.76 bits per heavy atom. The minimum Gasteiger partial charge on any atom is -0.351 e. The van der Waals surface area contributed by atoms with Crippen molar-refractivity contribution in [3.8, 4) is 0 Å². The lowest BCUT2D eigenvalue weighted by Crippen LogP contribution is -2.32. The van der Waals surface area contributed by atoms with Gasteiger partial charge in [-0.05, 0) is 43.7 Å². The summed E-state index contributed by atoms with van der Waals surface area (Å²) in [6.07, 6.45) is 0. The first kappa shape index (κ1) is 18.7. The number of rotatable bonds is 7. The van der Waals surface area contributed by atoms with E-state index >= 15 is 0 Å². The predicted octanol–water partition coefficient (Wildman–Crippen LogP) is 3.03. The molecule has 2 aromatic rings. The van der Waals surface area contributed by atoms with Gasteiger partial charge in [-0.15, -0.1) is 0 Å².